The van der Waals surface area contributed by atoms with Gasteiger partial charge in [0.05, 0.1) is 12.7 Å². The molecule has 0 aromatic heterocycles. The van der Waals surface area contributed by atoms with Gasteiger partial charge in [0.25, 0.3) is 5.95 Å². The van der Waals surface area contributed by atoms with Crippen LogP contribution >= 0.6 is 0 Å². The molecule has 0 unspecified atom stereocenters. The third kappa shape index (κ3) is 16.5. The van der Waals surface area contributed by atoms with Gasteiger partial charge in [0.1, 0.15) is 5.76 Å². The van der Waals surface area contributed by atoms with Crippen LogP contribution in [0.4, 0.5) is 0 Å². The van der Waals surface area contributed by atoms with Crippen molar-refractivity contribution in [1.29, 1.82) is 0 Å². The average Bonchev–Trinajstić information content (AvgIpc) is 2.43. The maximum atomic E-state index is 6.25. The van der Waals surface area contributed by atoms with Crippen molar-refractivity contribution in [3.8, 4) is 0 Å². The summed E-state index contributed by atoms with van der Waals surface area (Å²) in [5, 5.41) is 0. The molecule has 5 heteroatoms. The summed E-state index contributed by atoms with van der Waals surface area (Å²) in [7, 11) is -3.37. The van der Waals surface area contributed by atoms with Crippen molar-refractivity contribution >= 4 is 16.6 Å². The summed E-state index contributed by atoms with van der Waals surface area (Å²) in [6, 6.07) is 0. The number of hydrogen-bond acceptors (Lipinski definition) is 3. The van der Waals surface area contributed by atoms with Crippen LogP contribution in [0, 0.1) is 0 Å². The monoisotopic (exact) mass is 386 g/mol. The van der Waals surface area contributed by atoms with Gasteiger partial charge in [-0.05, 0) is 65.1 Å². The standard InChI is InChI=1S/C20H42O3Si2/c1-9-11-12-13-14-15-16-17-19(22-24(3,4)5)18-20(21-10-2)23-25(6,7)8/h17-18H,9-16H2,1-8H3. The fourth-order valence-electron chi connectivity index (χ4n) is 2.31. The third-order valence-electron chi connectivity index (χ3n) is 3.28. The molecule has 0 atom stereocenters. The highest BCUT2D eigenvalue weighted by atomic mass is 28.4. The smallest absolute Gasteiger partial charge is 0.268 e. The largest absolute Gasteiger partial charge is 0.544 e. The summed E-state index contributed by atoms with van der Waals surface area (Å²) < 4.78 is 18.0. The van der Waals surface area contributed by atoms with Crippen LogP contribution < -0.4 is 0 Å². The van der Waals surface area contributed by atoms with E-state index in [1.807, 2.05) is 13.0 Å². The van der Waals surface area contributed by atoms with Crippen LogP contribution in [0.1, 0.15) is 58.8 Å². The zero-order valence-corrected chi connectivity index (χ0v) is 20.0. The number of rotatable bonds is 14. The maximum absolute atomic E-state index is 6.25. The van der Waals surface area contributed by atoms with Gasteiger partial charge in [0.2, 0.25) is 16.6 Å². The summed E-state index contributed by atoms with van der Waals surface area (Å²) in [5.74, 6) is 1.52. The summed E-state index contributed by atoms with van der Waals surface area (Å²) in [4.78, 5) is 0. The molecule has 0 aliphatic rings. The van der Waals surface area contributed by atoms with Crippen molar-refractivity contribution in [3.05, 3.63) is 23.9 Å². The summed E-state index contributed by atoms with van der Waals surface area (Å²) in [6.45, 7) is 18.0. The highest BCUT2D eigenvalue weighted by molar-refractivity contribution is 6.70. The van der Waals surface area contributed by atoms with Crippen molar-refractivity contribution in [1.82, 2.24) is 0 Å². The van der Waals surface area contributed by atoms with Gasteiger partial charge in [-0.15, -0.1) is 0 Å². The molecular formula is C20H42O3Si2. The molecular weight excluding hydrogens is 344 g/mol. The highest BCUT2D eigenvalue weighted by Crippen LogP contribution is 2.19. The lowest BCUT2D eigenvalue weighted by Crippen LogP contribution is -2.27. The first-order valence-corrected chi connectivity index (χ1v) is 16.8. The Hall–Kier alpha value is -0.686. The molecule has 0 amide bonds. The number of unbranched alkanes of at least 4 members (excludes halogenated alkanes) is 6. The van der Waals surface area contributed by atoms with E-state index in [1.165, 1.54) is 38.5 Å². The second-order valence-electron chi connectivity index (χ2n) is 8.49. The van der Waals surface area contributed by atoms with E-state index in [-0.39, 0.29) is 0 Å². The zero-order chi connectivity index (χ0) is 19.3. The van der Waals surface area contributed by atoms with Gasteiger partial charge >= 0.3 is 0 Å². The predicted octanol–water partition coefficient (Wildman–Crippen LogP) is 7.20. The fourth-order valence-corrected chi connectivity index (χ4v) is 3.88. The van der Waals surface area contributed by atoms with E-state index in [4.69, 9.17) is 13.6 Å². The summed E-state index contributed by atoms with van der Waals surface area (Å²) in [6.07, 6.45) is 13.1. The van der Waals surface area contributed by atoms with Crippen molar-refractivity contribution in [2.75, 3.05) is 6.61 Å². The minimum atomic E-state index is -1.70. The molecule has 0 spiro atoms. The SMILES string of the molecule is CCCCCCCCC=C(C=C(OCC)O[Si](C)(C)C)O[Si](C)(C)C. The van der Waals surface area contributed by atoms with Crippen molar-refractivity contribution in [2.45, 2.75) is 98.1 Å². The molecule has 0 radical (unpaired) electrons. The Balaban J connectivity index is 4.87. The molecule has 0 aliphatic heterocycles. The molecule has 0 saturated carbocycles. The molecule has 0 fully saturated rings. The lowest BCUT2D eigenvalue weighted by molar-refractivity contribution is 0.111. The molecule has 0 saturated heterocycles. The van der Waals surface area contributed by atoms with E-state index >= 15 is 0 Å². The van der Waals surface area contributed by atoms with Gasteiger partial charge in [-0.25, -0.2) is 0 Å². The van der Waals surface area contributed by atoms with E-state index in [0.29, 0.717) is 12.6 Å². The van der Waals surface area contributed by atoms with E-state index in [2.05, 4.69) is 52.3 Å². The lowest BCUT2D eigenvalue weighted by Gasteiger charge is -2.24. The Morgan fingerprint density at radius 2 is 1.32 bits per heavy atom. The van der Waals surface area contributed by atoms with Crippen LogP contribution in [-0.2, 0) is 13.6 Å². The molecule has 0 heterocycles. The molecule has 0 rings (SSSR count). The Morgan fingerprint density at radius 1 is 0.760 bits per heavy atom. The minimum absolute atomic E-state index is 0.605. The van der Waals surface area contributed by atoms with Crippen LogP contribution in [-0.4, -0.2) is 23.2 Å². The van der Waals surface area contributed by atoms with E-state index < -0.39 is 16.6 Å². The van der Waals surface area contributed by atoms with Crippen molar-refractivity contribution in [3.63, 3.8) is 0 Å². The first kappa shape index (κ1) is 24.3. The van der Waals surface area contributed by atoms with Crippen LogP contribution in [0.5, 0.6) is 0 Å². The number of allylic oxidation sites excluding steroid dienone is 2. The van der Waals surface area contributed by atoms with Crippen LogP contribution in [0.3, 0.4) is 0 Å². The van der Waals surface area contributed by atoms with Gasteiger partial charge in [-0.3, -0.25) is 0 Å². The zero-order valence-electron chi connectivity index (χ0n) is 18.0. The maximum Gasteiger partial charge on any atom is 0.268 e. The predicted molar refractivity (Wildman–Crippen MR) is 115 cm³/mol. The molecule has 25 heavy (non-hydrogen) atoms. The molecule has 0 bridgehead atoms. The molecule has 148 valence electrons. The molecule has 0 aromatic carbocycles. The third-order valence-corrected chi connectivity index (χ3v) is 4.94. The lowest BCUT2D eigenvalue weighted by atomic mass is 10.1. The minimum Gasteiger partial charge on any atom is -0.544 e. The highest BCUT2D eigenvalue weighted by Gasteiger charge is 2.21. The topological polar surface area (TPSA) is 27.7 Å². The van der Waals surface area contributed by atoms with Crippen LogP contribution in [0.15, 0.2) is 23.9 Å². The Kier molecular flexibility index (Phi) is 12.3. The van der Waals surface area contributed by atoms with Crippen molar-refractivity contribution in [2.24, 2.45) is 0 Å². The normalized spacial score (nSPS) is 13.8. The van der Waals surface area contributed by atoms with E-state index in [9.17, 15) is 0 Å². The number of hydrogen-bond donors (Lipinski definition) is 0. The van der Waals surface area contributed by atoms with E-state index in [0.717, 1.165) is 12.2 Å². The molecule has 3 nitrogen and oxygen atoms in total. The first-order chi connectivity index (χ1) is 11.6. The number of ether oxygens (including phenoxy) is 1. The first-order valence-electron chi connectivity index (χ1n) is 10.00. The van der Waals surface area contributed by atoms with Crippen LogP contribution in [0.2, 0.25) is 39.3 Å². The second-order valence-corrected chi connectivity index (χ2v) is 17.3. The Bertz CT molecular complexity index is 404. The summed E-state index contributed by atoms with van der Waals surface area (Å²) in [5.41, 5.74) is 0. The van der Waals surface area contributed by atoms with Gasteiger partial charge in [-0.2, -0.15) is 0 Å². The van der Waals surface area contributed by atoms with Crippen LogP contribution in [0.25, 0.3) is 0 Å². The fraction of sp³-hybridized carbons (Fsp3) is 0.800. The quantitative estimate of drug-likeness (QED) is 0.137. The summed E-state index contributed by atoms with van der Waals surface area (Å²) >= 11 is 0. The second kappa shape index (κ2) is 12.6. The Morgan fingerprint density at radius 3 is 1.84 bits per heavy atom. The van der Waals surface area contributed by atoms with E-state index in [1.54, 1.807) is 0 Å². The van der Waals surface area contributed by atoms with Gasteiger partial charge in [0, 0.05) is 0 Å². The molecule has 0 aromatic rings. The van der Waals surface area contributed by atoms with Gasteiger partial charge < -0.3 is 13.6 Å². The van der Waals surface area contributed by atoms with Gasteiger partial charge in [-0.1, -0.05) is 39.0 Å². The molecule has 0 N–H and O–H groups in total. The Labute approximate surface area is 159 Å². The molecule has 0 aliphatic carbocycles. The van der Waals surface area contributed by atoms with Gasteiger partial charge in [0.15, 0.2) is 0 Å². The average molecular weight is 387 g/mol. The van der Waals surface area contributed by atoms with Crippen molar-refractivity contribution < 1.29 is 13.6 Å².